The second-order valence-electron chi connectivity index (χ2n) is 12.6. The molecule has 238 valence electrons. The van der Waals surface area contributed by atoms with Gasteiger partial charge in [0.25, 0.3) is 0 Å². The Bertz CT molecular complexity index is 1680. The SMILES string of the molecule is COc1cc(N2CCC(N3CC(N(C)C)C3)C(C)C2)c(C)cc1Nc1ncc(Br)c(Nc2ccc3nccnc3c2P(C)C)n1. The fraction of sp³-hybridized carbons (Fsp3) is 0.455. The van der Waals surface area contributed by atoms with E-state index in [0.717, 1.165) is 51.0 Å². The molecule has 2 fully saturated rings. The van der Waals surface area contributed by atoms with Gasteiger partial charge >= 0.3 is 0 Å². The normalized spacial score (nSPS) is 19.3. The molecule has 2 aliphatic heterocycles. The minimum Gasteiger partial charge on any atom is -0.494 e. The van der Waals surface area contributed by atoms with Gasteiger partial charge < -0.3 is 25.2 Å². The van der Waals surface area contributed by atoms with E-state index < -0.39 is 7.92 Å². The predicted molar refractivity (Wildman–Crippen MR) is 191 cm³/mol. The summed E-state index contributed by atoms with van der Waals surface area (Å²) in [5.74, 6) is 2.50. The number of fused-ring (bicyclic) bond motifs is 1. The van der Waals surface area contributed by atoms with Crippen LogP contribution in [0.25, 0.3) is 11.0 Å². The van der Waals surface area contributed by atoms with Gasteiger partial charge in [0, 0.05) is 79.6 Å². The van der Waals surface area contributed by atoms with Gasteiger partial charge in [-0.05, 0) is 86.4 Å². The lowest BCUT2D eigenvalue weighted by molar-refractivity contribution is 0.00149. The molecule has 0 spiro atoms. The molecule has 4 aromatic rings. The van der Waals surface area contributed by atoms with E-state index in [1.807, 2.05) is 6.07 Å². The highest BCUT2D eigenvalue weighted by atomic mass is 79.9. The number of aryl methyl sites for hydroxylation is 1. The third kappa shape index (κ3) is 6.59. The fourth-order valence-electron chi connectivity index (χ4n) is 6.60. The maximum Gasteiger partial charge on any atom is 0.229 e. The van der Waals surface area contributed by atoms with E-state index in [9.17, 15) is 0 Å². The molecule has 2 aromatic heterocycles. The molecule has 2 aromatic carbocycles. The Balaban J connectivity index is 1.19. The van der Waals surface area contributed by atoms with Crippen LogP contribution in [-0.2, 0) is 0 Å². The lowest BCUT2D eigenvalue weighted by Gasteiger charge is -2.51. The molecule has 2 saturated heterocycles. The first-order valence-corrected chi connectivity index (χ1v) is 18.5. The zero-order valence-electron chi connectivity index (χ0n) is 27.2. The summed E-state index contributed by atoms with van der Waals surface area (Å²) in [4.78, 5) is 26.1. The highest BCUT2D eigenvalue weighted by Crippen LogP contribution is 2.38. The smallest absolute Gasteiger partial charge is 0.229 e. The summed E-state index contributed by atoms with van der Waals surface area (Å²) in [5.41, 5.74) is 6.01. The number of nitrogens with one attached hydrogen (secondary N) is 2. The maximum atomic E-state index is 5.89. The van der Waals surface area contributed by atoms with Gasteiger partial charge in [0.1, 0.15) is 11.6 Å². The van der Waals surface area contributed by atoms with Crippen LogP contribution in [0.1, 0.15) is 18.9 Å². The van der Waals surface area contributed by atoms with Gasteiger partial charge in [0.15, 0.2) is 0 Å². The van der Waals surface area contributed by atoms with Crippen LogP contribution in [0, 0.1) is 12.8 Å². The van der Waals surface area contributed by atoms with E-state index in [-0.39, 0.29) is 0 Å². The summed E-state index contributed by atoms with van der Waals surface area (Å²) < 4.78 is 6.66. The monoisotopic (exact) mass is 691 g/mol. The molecule has 0 saturated carbocycles. The number of likely N-dealkylation sites (tertiary alicyclic amines) is 1. The van der Waals surface area contributed by atoms with Crippen molar-refractivity contribution in [3.8, 4) is 5.75 Å². The number of nitrogens with zero attached hydrogens (tertiary/aromatic N) is 7. The molecule has 2 unspecified atom stereocenters. The standard InChI is InChI=1S/C33H43BrN9OP/c1-20-14-26(29(44-5)15-28(20)42-13-10-27(21(2)17-42)43-18-22(19-43)41(3)4)39-33-37-16-23(34)32(40-33)38-25-9-8-24-30(31(25)45(6)7)36-12-11-35-24/h8-9,11-12,14-16,21-22,27H,10,13,17-19H2,1-7H3,(H2,37,38,39,40). The number of hydrogen-bond acceptors (Lipinski definition) is 10. The summed E-state index contributed by atoms with van der Waals surface area (Å²) >= 11 is 3.64. The Morgan fingerprint density at radius 2 is 1.80 bits per heavy atom. The van der Waals surface area contributed by atoms with Gasteiger partial charge in [-0.15, -0.1) is 0 Å². The second-order valence-corrected chi connectivity index (χ2v) is 15.7. The number of halogens is 1. The van der Waals surface area contributed by atoms with Crippen LogP contribution < -0.4 is 25.6 Å². The number of anilines is 5. The zero-order chi connectivity index (χ0) is 31.8. The van der Waals surface area contributed by atoms with Crippen LogP contribution in [0.5, 0.6) is 5.75 Å². The minimum absolute atomic E-state index is 0.464. The van der Waals surface area contributed by atoms with Gasteiger partial charge in [0.2, 0.25) is 5.95 Å². The summed E-state index contributed by atoms with van der Waals surface area (Å²) in [6.07, 6.45) is 6.41. The molecule has 45 heavy (non-hydrogen) atoms. The minimum atomic E-state index is -0.464. The van der Waals surface area contributed by atoms with Gasteiger partial charge in [-0.3, -0.25) is 14.9 Å². The van der Waals surface area contributed by atoms with Gasteiger partial charge in [-0.25, -0.2) is 4.98 Å². The van der Waals surface area contributed by atoms with Crippen LogP contribution in [0.4, 0.5) is 28.8 Å². The highest BCUT2D eigenvalue weighted by Gasteiger charge is 2.38. The topological polar surface area (TPSA) is 94.6 Å². The van der Waals surface area contributed by atoms with Crippen molar-refractivity contribution >= 4 is 69.0 Å². The van der Waals surface area contributed by atoms with E-state index in [1.165, 1.54) is 30.8 Å². The van der Waals surface area contributed by atoms with Crippen molar-refractivity contribution in [2.24, 2.45) is 5.92 Å². The third-order valence-electron chi connectivity index (χ3n) is 9.11. The molecule has 0 amide bonds. The predicted octanol–water partition coefficient (Wildman–Crippen LogP) is 5.81. The van der Waals surface area contributed by atoms with Crippen LogP contribution in [0.2, 0.25) is 0 Å². The van der Waals surface area contributed by atoms with Crippen LogP contribution in [0.15, 0.2) is 47.3 Å². The average molecular weight is 693 g/mol. The number of aromatic nitrogens is 4. The largest absolute Gasteiger partial charge is 0.494 e. The molecular formula is C33H43BrN9OP. The number of rotatable bonds is 9. The lowest BCUT2D eigenvalue weighted by atomic mass is 9.88. The number of ether oxygens (including phenoxy) is 1. The Morgan fingerprint density at radius 3 is 2.51 bits per heavy atom. The van der Waals surface area contributed by atoms with Crippen LogP contribution >= 0.6 is 23.9 Å². The molecule has 0 bridgehead atoms. The first kappa shape index (κ1) is 31.9. The molecular weight excluding hydrogens is 649 g/mol. The molecule has 6 rings (SSSR count). The molecule has 12 heteroatoms. The van der Waals surface area contributed by atoms with Crippen molar-refractivity contribution in [2.75, 3.05) is 76.2 Å². The molecule has 2 N–H and O–H groups in total. The fourth-order valence-corrected chi connectivity index (χ4v) is 8.10. The number of benzene rings is 2. The quantitative estimate of drug-likeness (QED) is 0.209. The second kappa shape index (κ2) is 13.3. The van der Waals surface area contributed by atoms with Gasteiger partial charge in [0.05, 0.1) is 28.3 Å². The Hall–Kier alpha value is -3.11. The number of likely N-dealkylation sites (N-methyl/N-ethyl adjacent to an activating group) is 1. The Labute approximate surface area is 275 Å². The summed E-state index contributed by atoms with van der Waals surface area (Å²) in [7, 11) is 5.63. The van der Waals surface area contributed by atoms with Crippen molar-refractivity contribution in [1.82, 2.24) is 29.7 Å². The zero-order valence-corrected chi connectivity index (χ0v) is 29.7. The molecule has 2 aliphatic rings. The molecule has 10 nitrogen and oxygen atoms in total. The Morgan fingerprint density at radius 1 is 1.02 bits per heavy atom. The third-order valence-corrected chi connectivity index (χ3v) is 11.0. The summed E-state index contributed by atoms with van der Waals surface area (Å²) in [5, 5.41) is 8.11. The average Bonchev–Trinajstić information content (AvgIpc) is 2.98. The highest BCUT2D eigenvalue weighted by molar-refractivity contribution is 9.10. The van der Waals surface area contributed by atoms with E-state index in [2.05, 4.69) is 116 Å². The van der Waals surface area contributed by atoms with E-state index in [4.69, 9.17) is 9.72 Å². The van der Waals surface area contributed by atoms with Crippen LogP contribution in [0.3, 0.4) is 0 Å². The Kier molecular flexibility index (Phi) is 9.43. The van der Waals surface area contributed by atoms with E-state index in [1.54, 1.807) is 25.7 Å². The maximum absolute atomic E-state index is 5.89. The van der Waals surface area contributed by atoms with Crippen LogP contribution in [-0.4, -0.2) is 103 Å². The first-order chi connectivity index (χ1) is 21.6. The molecule has 2 atom stereocenters. The van der Waals surface area contributed by atoms with Crippen molar-refractivity contribution in [3.63, 3.8) is 0 Å². The van der Waals surface area contributed by atoms with Crippen molar-refractivity contribution in [1.29, 1.82) is 0 Å². The first-order valence-electron chi connectivity index (χ1n) is 15.4. The van der Waals surface area contributed by atoms with Gasteiger partial charge in [-0.1, -0.05) is 14.8 Å². The summed E-state index contributed by atoms with van der Waals surface area (Å²) in [6, 6.07) is 9.68. The molecule has 0 radical (unpaired) electrons. The van der Waals surface area contributed by atoms with Crippen molar-refractivity contribution < 1.29 is 4.74 Å². The number of methoxy groups -OCH3 is 1. The lowest BCUT2D eigenvalue weighted by Crippen LogP contribution is -2.64. The van der Waals surface area contributed by atoms with Gasteiger partial charge in [-0.2, -0.15) is 4.98 Å². The van der Waals surface area contributed by atoms with Crippen molar-refractivity contribution in [3.05, 3.63) is 52.9 Å². The molecule has 0 aliphatic carbocycles. The molecule has 4 heterocycles. The van der Waals surface area contributed by atoms with Crippen molar-refractivity contribution in [2.45, 2.75) is 32.4 Å². The van der Waals surface area contributed by atoms with E-state index in [0.29, 0.717) is 29.8 Å². The number of piperidine rings is 1. The number of hydrogen-bond donors (Lipinski definition) is 2. The van der Waals surface area contributed by atoms with E-state index >= 15 is 0 Å². The summed E-state index contributed by atoms with van der Waals surface area (Å²) in [6.45, 7) is 13.5.